The topological polar surface area (TPSA) is 52.0 Å². The summed E-state index contributed by atoms with van der Waals surface area (Å²) in [4.78, 5) is 10.2. The molecule has 0 aromatic carbocycles. The lowest BCUT2D eigenvalue weighted by atomic mass is 10.2. The first kappa shape index (κ1) is 15.0. The van der Waals surface area contributed by atoms with E-state index < -0.39 is 0 Å². The van der Waals surface area contributed by atoms with E-state index in [0.717, 1.165) is 16.6 Å². The summed E-state index contributed by atoms with van der Waals surface area (Å²) in [6.07, 6.45) is 3.82. The molecule has 0 aliphatic carbocycles. The predicted octanol–water partition coefficient (Wildman–Crippen LogP) is 3.01. The third kappa shape index (κ3) is 3.19. The summed E-state index contributed by atoms with van der Waals surface area (Å²) in [6, 6.07) is 0.443. The van der Waals surface area contributed by atoms with Gasteiger partial charge in [0, 0.05) is 25.5 Å². The molecule has 0 spiro atoms. The van der Waals surface area contributed by atoms with Crippen LogP contribution in [-0.2, 0) is 4.74 Å². The molecule has 1 N–H and O–H groups in total. The van der Waals surface area contributed by atoms with Gasteiger partial charge in [-0.3, -0.25) is 0 Å². The van der Waals surface area contributed by atoms with E-state index in [-0.39, 0.29) is 12.1 Å². The van der Waals surface area contributed by atoms with Crippen molar-refractivity contribution < 1.29 is 4.74 Å². The summed E-state index contributed by atoms with van der Waals surface area (Å²) in [7, 11) is 1.71. The third-order valence-electron chi connectivity index (χ3n) is 3.20. The molecule has 2 heterocycles. The molecule has 20 heavy (non-hydrogen) atoms. The highest BCUT2D eigenvalue weighted by atomic mass is 32.1. The van der Waals surface area contributed by atoms with E-state index in [1.807, 2.05) is 19.3 Å². The number of ether oxygens (including phenoxy) is 1. The number of rotatable bonds is 6. The monoisotopic (exact) mass is 294 g/mol. The van der Waals surface area contributed by atoms with Crippen molar-refractivity contribution in [2.45, 2.75) is 39.8 Å². The van der Waals surface area contributed by atoms with Crippen molar-refractivity contribution in [1.29, 1.82) is 0 Å². The first-order valence-corrected chi connectivity index (χ1v) is 7.56. The molecule has 2 atom stereocenters. The van der Waals surface area contributed by atoms with E-state index in [0.29, 0.717) is 6.61 Å². The van der Waals surface area contributed by atoms with Crippen LogP contribution >= 0.6 is 11.3 Å². The Morgan fingerprint density at radius 3 is 2.75 bits per heavy atom. The molecule has 0 radical (unpaired) electrons. The number of thiazole rings is 1. The van der Waals surface area contributed by atoms with Crippen molar-refractivity contribution in [1.82, 2.24) is 14.5 Å². The van der Waals surface area contributed by atoms with E-state index in [9.17, 15) is 0 Å². The van der Waals surface area contributed by atoms with Crippen LogP contribution in [0.5, 0.6) is 0 Å². The summed E-state index contributed by atoms with van der Waals surface area (Å²) in [5.41, 5.74) is 1.10. The summed E-state index contributed by atoms with van der Waals surface area (Å²) in [6.45, 7) is 9.01. The summed E-state index contributed by atoms with van der Waals surface area (Å²) in [5.74, 6) is 0.868. The van der Waals surface area contributed by atoms with Crippen LogP contribution in [0, 0.1) is 13.8 Å². The Morgan fingerprint density at radius 2 is 2.15 bits per heavy atom. The van der Waals surface area contributed by atoms with Gasteiger partial charge >= 0.3 is 0 Å². The highest BCUT2D eigenvalue weighted by Crippen LogP contribution is 2.29. The van der Waals surface area contributed by atoms with Crippen molar-refractivity contribution in [2.24, 2.45) is 0 Å². The van der Waals surface area contributed by atoms with E-state index in [1.54, 1.807) is 18.4 Å². The van der Waals surface area contributed by atoms with E-state index in [2.05, 4.69) is 40.6 Å². The Hall–Kier alpha value is -1.40. The number of aromatic nitrogens is 3. The van der Waals surface area contributed by atoms with Crippen molar-refractivity contribution in [3.63, 3.8) is 0 Å². The van der Waals surface area contributed by atoms with Gasteiger partial charge in [-0.15, -0.1) is 11.3 Å². The summed E-state index contributed by atoms with van der Waals surface area (Å²) in [5, 5.41) is 4.48. The number of nitrogens with zero attached hydrogens (tertiary/aromatic N) is 3. The molecule has 5 nitrogen and oxygen atoms in total. The van der Waals surface area contributed by atoms with Crippen LogP contribution in [0.4, 0.5) is 5.95 Å². The van der Waals surface area contributed by atoms with E-state index in [4.69, 9.17) is 4.74 Å². The second-order valence-corrected chi connectivity index (χ2v) is 6.25. The largest absolute Gasteiger partial charge is 0.383 e. The van der Waals surface area contributed by atoms with Gasteiger partial charge in [0.05, 0.1) is 28.2 Å². The number of anilines is 1. The molecular formula is C14H22N4OS. The van der Waals surface area contributed by atoms with Crippen LogP contribution < -0.4 is 5.32 Å². The van der Waals surface area contributed by atoms with Gasteiger partial charge in [0.25, 0.3) is 0 Å². The van der Waals surface area contributed by atoms with Crippen molar-refractivity contribution in [2.75, 3.05) is 19.0 Å². The Kier molecular flexibility index (Phi) is 4.77. The summed E-state index contributed by atoms with van der Waals surface area (Å²) >= 11 is 1.75. The smallest absolute Gasteiger partial charge is 0.203 e. The van der Waals surface area contributed by atoms with Crippen molar-refractivity contribution in [3.05, 3.63) is 28.0 Å². The number of aryl methyl sites for hydroxylation is 2. The zero-order valence-electron chi connectivity index (χ0n) is 12.7. The minimum atomic E-state index is 0.220. The standard InChI is InChI=1S/C14H22N4OS/c1-9(8-19-5)16-14-15-6-7-18(14)11(3)13-10(2)17-12(4)20-13/h6-7,9,11H,8H2,1-5H3,(H,15,16). The average Bonchev–Trinajstić information content (AvgIpc) is 2.95. The van der Waals surface area contributed by atoms with Gasteiger partial charge in [-0.2, -0.15) is 0 Å². The van der Waals surface area contributed by atoms with Crippen LogP contribution in [-0.4, -0.2) is 34.3 Å². The first-order chi connectivity index (χ1) is 9.52. The van der Waals surface area contributed by atoms with Crippen molar-refractivity contribution >= 4 is 17.3 Å². The number of imidazole rings is 1. The molecule has 0 aliphatic heterocycles. The Balaban J connectivity index is 2.21. The number of hydrogen-bond acceptors (Lipinski definition) is 5. The second kappa shape index (κ2) is 6.37. The molecule has 0 saturated heterocycles. The van der Waals surface area contributed by atoms with Gasteiger partial charge in [-0.1, -0.05) is 0 Å². The maximum atomic E-state index is 5.15. The Morgan fingerprint density at radius 1 is 1.40 bits per heavy atom. The number of nitrogens with one attached hydrogen (secondary N) is 1. The lowest BCUT2D eigenvalue weighted by molar-refractivity contribution is 0.190. The molecule has 2 unspecified atom stereocenters. The molecule has 2 rings (SSSR count). The van der Waals surface area contributed by atoms with Crippen LogP contribution in [0.1, 0.15) is 35.5 Å². The maximum absolute atomic E-state index is 5.15. The van der Waals surface area contributed by atoms with Crippen molar-refractivity contribution in [3.8, 4) is 0 Å². The second-order valence-electron chi connectivity index (χ2n) is 5.02. The zero-order valence-corrected chi connectivity index (χ0v) is 13.5. The maximum Gasteiger partial charge on any atom is 0.203 e. The molecule has 2 aromatic rings. The van der Waals surface area contributed by atoms with Gasteiger partial charge in [-0.25, -0.2) is 9.97 Å². The molecule has 2 aromatic heterocycles. The molecular weight excluding hydrogens is 272 g/mol. The van der Waals surface area contributed by atoms with Crippen LogP contribution in [0.2, 0.25) is 0 Å². The fourth-order valence-electron chi connectivity index (χ4n) is 2.31. The minimum absolute atomic E-state index is 0.220. The molecule has 0 amide bonds. The molecule has 110 valence electrons. The third-order valence-corrected chi connectivity index (χ3v) is 4.44. The number of hydrogen-bond donors (Lipinski definition) is 1. The normalized spacial score (nSPS) is 14.2. The highest BCUT2D eigenvalue weighted by molar-refractivity contribution is 7.11. The highest BCUT2D eigenvalue weighted by Gasteiger charge is 2.18. The lowest BCUT2D eigenvalue weighted by Gasteiger charge is -2.19. The van der Waals surface area contributed by atoms with E-state index in [1.165, 1.54) is 4.88 Å². The Bertz CT molecular complexity index is 563. The quantitative estimate of drug-likeness (QED) is 0.890. The fourth-order valence-corrected chi connectivity index (χ4v) is 3.29. The van der Waals surface area contributed by atoms with Gasteiger partial charge in [0.15, 0.2) is 0 Å². The average molecular weight is 294 g/mol. The number of methoxy groups -OCH3 is 1. The fraction of sp³-hybridized carbons (Fsp3) is 0.571. The van der Waals surface area contributed by atoms with Crippen LogP contribution in [0.15, 0.2) is 12.4 Å². The van der Waals surface area contributed by atoms with Gasteiger partial charge < -0.3 is 14.6 Å². The van der Waals surface area contributed by atoms with Crippen LogP contribution in [0.25, 0.3) is 0 Å². The van der Waals surface area contributed by atoms with Crippen LogP contribution in [0.3, 0.4) is 0 Å². The summed E-state index contributed by atoms with van der Waals surface area (Å²) < 4.78 is 7.30. The van der Waals surface area contributed by atoms with Gasteiger partial charge in [0.2, 0.25) is 5.95 Å². The van der Waals surface area contributed by atoms with E-state index >= 15 is 0 Å². The molecule has 0 fully saturated rings. The first-order valence-electron chi connectivity index (χ1n) is 6.75. The molecule has 0 aliphatic rings. The Labute approximate surface area is 124 Å². The predicted molar refractivity (Wildman–Crippen MR) is 82.6 cm³/mol. The zero-order chi connectivity index (χ0) is 14.7. The lowest BCUT2D eigenvalue weighted by Crippen LogP contribution is -2.24. The molecule has 0 bridgehead atoms. The SMILES string of the molecule is COCC(C)Nc1nccn1C(C)c1sc(C)nc1C. The molecule has 0 saturated carbocycles. The minimum Gasteiger partial charge on any atom is -0.383 e. The van der Waals surface area contributed by atoms with Gasteiger partial charge in [0.1, 0.15) is 0 Å². The van der Waals surface area contributed by atoms with Gasteiger partial charge in [-0.05, 0) is 27.7 Å². The molecule has 6 heteroatoms.